The zero-order valence-corrected chi connectivity index (χ0v) is 16.6. The molecule has 0 saturated heterocycles. The Balaban J connectivity index is 1.68. The molecule has 0 N–H and O–H groups in total. The maximum absolute atomic E-state index is 13.1. The summed E-state index contributed by atoms with van der Waals surface area (Å²) >= 11 is 0. The van der Waals surface area contributed by atoms with Gasteiger partial charge in [-0.25, -0.2) is 0 Å². The molecule has 2 aromatic carbocycles. The van der Waals surface area contributed by atoms with E-state index in [0.29, 0.717) is 25.9 Å². The van der Waals surface area contributed by atoms with E-state index in [1.165, 1.54) is 0 Å². The highest BCUT2D eigenvalue weighted by molar-refractivity contribution is 5.88. The Hall–Kier alpha value is -2.88. The van der Waals surface area contributed by atoms with Crippen molar-refractivity contribution in [2.75, 3.05) is 14.1 Å². The van der Waals surface area contributed by atoms with Crippen LogP contribution in [0, 0.1) is 11.8 Å². The molecule has 4 heteroatoms. The van der Waals surface area contributed by atoms with E-state index in [-0.39, 0.29) is 23.7 Å². The van der Waals surface area contributed by atoms with Crippen molar-refractivity contribution >= 4 is 11.8 Å². The first-order chi connectivity index (χ1) is 13.6. The molecule has 0 aliphatic heterocycles. The fourth-order valence-electron chi connectivity index (χ4n) is 3.80. The van der Waals surface area contributed by atoms with Crippen molar-refractivity contribution in [1.82, 2.24) is 9.80 Å². The van der Waals surface area contributed by atoms with Gasteiger partial charge in [0.2, 0.25) is 11.8 Å². The number of amides is 2. The van der Waals surface area contributed by atoms with Crippen LogP contribution in [-0.2, 0) is 22.7 Å². The van der Waals surface area contributed by atoms with Crippen LogP contribution in [0.5, 0.6) is 0 Å². The van der Waals surface area contributed by atoms with Gasteiger partial charge in [0, 0.05) is 27.2 Å². The number of allylic oxidation sites excluding steroid dienone is 2. The fraction of sp³-hybridized carbons (Fsp3) is 0.333. The third kappa shape index (κ3) is 4.89. The van der Waals surface area contributed by atoms with E-state index in [1.807, 2.05) is 86.9 Å². The minimum atomic E-state index is -0.301. The van der Waals surface area contributed by atoms with E-state index < -0.39 is 0 Å². The van der Waals surface area contributed by atoms with E-state index >= 15 is 0 Å². The molecule has 4 nitrogen and oxygen atoms in total. The van der Waals surface area contributed by atoms with Crippen molar-refractivity contribution in [2.45, 2.75) is 25.9 Å². The highest BCUT2D eigenvalue weighted by Crippen LogP contribution is 2.29. The molecule has 1 aliphatic carbocycles. The van der Waals surface area contributed by atoms with E-state index in [1.54, 1.807) is 9.80 Å². The predicted molar refractivity (Wildman–Crippen MR) is 111 cm³/mol. The first-order valence-corrected chi connectivity index (χ1v) is 9.79. The average Bonchev–Trinajstić information content (AvgIpc) is 2.74. The molecule has 0 bridgehead atoms. The van der Waals surface area contributed by atoms with Crippen LogP contribution < -0.4 is 0 Å². The van der Waals surface area contributed by atoms with E-state index in [9.17, 15) is 9.59 Å². The monoisotopic (exact) mass is 376 g/mol. The minimum absolute atomic E-state index is 0.0414. The number of benzene rings is 2. The molecule has 28 heavy (non-hydrogen) atoms. The molecule has 0 spiro atoms. The van der Waals surface area contributed by atoms with Crippen molar-refractivity contribution in [3.05, 3.63) is 83.9 Å². The van der Waals surface area contributed by atoms with Crippen molar-refractivity contribution in [2.24, 2.45) is 11.8 Å². The fourth-order valence-corrected chi connectivity index (χ4v) is 3.80. The summed E-state index contributed by atoms with van der Waals surface area (Å²) in [5, 5.41) is 0. The molecule has 0 saturated carbocycles. The Morgan fingerprint density at radius 3 is 1.43 bits per heavy atom. The van der Waals surface area contributed by atoms with Gasteiger partial charge in [0.15, 0.2) is 0 Å². The molecular weight excluding hydrogens is 348 g/mol. The van der Waals surface area contributed by atoms with Gasteiger partial charge < -0.3 is 9.80 Å². The Kier molecular flexibility index (Phi) is 6.64. The summed E-state index contributed by atoms with van der Waals surface area (Å²) in [6.07, 6.45) is 5.29. The van der Waals surface area contributed by atoms with Crippen molar-refractivity contribution < 1.29 is 9.59 Å². The lowest BCUT2D eigenvalue weighted by Gasteiger charge is -2.33. The maximum Gasteiger partial charge on any atom is 0.226 e. The largest absolute Gasteiger partial charge is 0.341 e. The molecule has 2 atom stereocenters. The number of carbonyl (C=O) groups excluding carboxylic acids is 2. The lowest BCUT2D eigenvalue weighted by Crippen LogP contribution is -2.43. The van der Waals surface area contributed by atoms with Gasteiger partial charge >= 0.3 is 0 Å². The van der Waals surface area contributed by atoms with Gasteiger partial charge in [-0.05, 0) is 24.0 Å². The smallest absolute Gasteiger partial charge is 0.226 e. The van der Waals surface area contributed by atoms with Crippen LogP contribution in [0.4, 0.5) is 0 Å². The van der Waals surface area contributed by atoms with Gasteiger partial charge in [-0.1, -0.05) is 72.8 Å². The number of rotatable bonds is 6. The first-order valence-electron chi connectivity index (χ1n) is 9.79. The molecule has 0 fully saturated rings. The molecule has 0 radical (unpaired) electrons. The molecule has 2 aromatic rings. The van der Waals surface area contributed by atoms with Gasteiger partial charge in [0.05, 0.1) is 11.8 Å². The van der Waals surface area contributed by atoms with Crippen molar-refractivity contribution in [3.8, 4) is 0 Å². The highest BCUT2D eigenvalue weighted by atomic mass is 16.2. The minimum Gasteiger partial charge on any atom is -0.341 e. The molecule has 146 valence electrons. The molecule has 3 rings (SSSR count). The summed E-state index contributed by atoms with van der Waals surface area (Å²) < 4.78 is 0. The average molecular weight is 377 g/mol. The number of hydrogen-bond donors (Lipinski definition) is 0. The summed E-state index contributed by atoms with van der Waals surface area (Å²) in [6.45, 7) is 1.11. The van der Waals surface area contributed by atoms with Crippen LogP contribution in [-0.4, -0.2) is 35.7 Å². The molecule has 0 unspecified atom stereocenters. The molecule has 0 heterocycles. The van der Waals surface area contributed by atoms with Gasteiger partial charge in [-0.15, -0.1) is 0 Å². The van der Waals surface area contributed by atoms with Crippen LogP contribution >= 0.6 is 0 Å². The summed E-state index contributed by atoms with van der Waals surface area (Å²) in [6, 6.07) is 19.9. The standard InChI is InChI=1S/C24H28N2O2/c1-25(17-19-11-5-3-6-12-19)23(27)21-15-9-10-16-22(21)24(28)26(2)18-20-13-7-4-8-14-20/h3-14,21-22H,15-18H2,1-2H3/t21-,22-/m0/s1. The Morgan fingerprint density at radius 2 is 1.07 bits per heavy atom. The van der Waals surface area contributed by atoms with Crippen LogP contribution in [0.1, 0.15) is 24.0 Å². The van der Waals surface area contributed by atoms with Gasteiger partial charge in [0.1, 0.15) is 0 Å². The van der Waals surface area contributed by atoms with E-state index in [0.717, 1.165) is 11.1 Å². The lowest BCUT2D eigenvalue weighted by molar-refractivity contribution is -0.145. The van der Waals surface area contributed by atoms with E-state index in [4.69, 9.17) is 0 Å². The molecule has 2 amide bonds. The highest BCUT2D eigenvalue weighted by Gasteiger charge is 2.36. The van der Waals surface area contributed by atoms with Gasteiger partial charge in [-0.2, -0.15) is 0 Å². The summed E-state index contributed by atoms with van der Waals surface area (Å²) in [5.41, 5.74) is 2.18. The van der Waals surface area contributed by atoms with Gasteiger partial charge in [-0.3, -0.25) is 9.59 Å². The van der Waals surface area contributed by atoms with Gasteiger partial charge in [0.25, 0.3) is 0 Å². The predicted octanol–water partition coefficient (Wildman–Crippen LogP) is 3.89. The zero-order chi connectivity index (χ0) is 19.9. The normalized spacial score (nSPS) is 18.5. The number of nitrogens with zero attached hydrogens (tertiary/aromatic N) is 2. The summed E-state index contributed by atoms with van der Waals surface area (Å²) in [5.74, 6) is -0.520. The maximum atomic E-state index is 13.1. The Bertz CT molecular complexity index is 748. The Morgan fingerprint density at radius 1 is 0.714 bits per heavy atom. The van der Waals surface area contributed by atoms with E-state index in [2.05, 4.69) is 0 Å². The lowest BCUT2D eigenvalue weighted by atomic mass is 9.81. The first kappa shape index (κ1) is 19.9. The Labute approximate surface area is 167 Å². The van der Waals surface area contributed by atoms with Crippen LogP contribution in [0.2, 0.25) is 0 Å². The third-order valence-corrected chi connectivity index (χ3v) is 5.34. The second-order valence-electron chi connectivity index (χ2n) is 7.52. The SMILES string of the molecule is CN(Cc1ccccc1)C(=O)[C@H]1CC=CC[C@@H]1C(=O)N(C)Cc1ccccc1. The van der Waals surface area contributed by atoms with Crippen molar-refractivity contribution in [1.29, 1.82) is 0 Å². The van der Waals surface area contributed by atoms with Crippen molar-refractivity contribution in [3.63, 3.8) is 0 Å². The molecule has 1 aliphatic rings. The summed E-state index contributed by atoms with van der Waals surface area (Å²) in [7, 11) is 3.64. The second kappa shape index (κ2) is 9.36. The third-order valence-electron chi connectivity index (χ3n) is 5.34. The second-order valence-corrected chi connectivity index (χ2v) is 7.52. The zero-order valence-electron chi connectivity index (χ0n) is 16.6. The summed E-state index contributed by atoms with van der Waals surface area (Å²) in [4.78, 5) is 29.7. The quantitative estimate of drug-likeness (QED) is 0.718. The van der Waals surface area contributed by atoms with Crippen LogP contribution in [0.15, 0.2) is 72.8 Å². The number of carbonyl (C=O) groups is 2. The van der Waals surface area contributed by atoms with Crippen LogP contribution in [0.25, 0.3) is 0 Å². The number of hydrogen-bond acceptors (Lipinski definition) is 2. The molecular formula is C24H28N2O2. The topological polar surface area (TPSA) is 40.6 Å². The van der Waals surface area contributed by atoms with Crippen LogP contribution in [0.3, 0.4) is 0 Å². The molecule has 0 aromatic heterocycles.